The van der Waals surface area contributed by atoms with Crippen LogP contribution in [-0.2, 0) is 25.5 Å². The number of aromatic hydroxyl groups is 1. The van der Waals surface area contributed by atoms with Crippen LogP contribution in [0.5, 0.6) is 5.75 Å². The fourth-order valence-corrected chi connectivity index (χ4v) is 13.5. The quantitative estimate of drug-likeness (QED) is 0.106. The summed E-state index contributed by atoms with van der Waals surface area (Å²) >= 11 is 0. The van der Waals surface area contributed by atoms with Crippen LogP contribution in [-0.4, -0.2) is 67.3 Å². The highest BCUT2D eigenvalue weighted by Gasteiger charge is 2.73. The van der Waals surface area contributed by atoms with Crippen molar-refractivity contribution in [2.75, 3.05) is 33.9 Å². The second-order valence-electron chi connectivity index (χ2n) is 19.2. The van der Waals surface area contributed by atoms with Gasteiger partial charge in [-0.15, -0.1) is 0 Å². The second-order valence-corrected chi connectivity index (χ2v) is 19.2. The summed E-state index contributed by atoms with van der Waals surface area (Å²) in [7, 11) is 3.97. The van der Waals surface area contributed by atoms with Gasteiger partial charge in [-0.2, -0.15) is 0 Å². The summed E-state index contributed by atoms with van der Waals surface area (Å²) in [6, 6.07) is 24.4. The first kappa shape index (κ1) is 42.1. The summed E-state index contributed by atoms with van der Waals surface area (Å²) in [5.41, 5.74) is 6.77. The van der Waals surface area contributed by atoms with Crippen molar-refractivity contribution in [3.8, 4) is 16.9 Å². The Morgan fingerprint density at radius 2 is 1.75 bits per heavy atom. The first-order valence-corrected chi connectivity index (χ1v) is 23.3. The van der Waals surface area contributed by atoms with Gasteiger partial charge in [-0.05, 0) is 184 Å². The number of piperidine rings is 1. The van der Waals surface area contributed by atoms with E-state index in [-0.39, 0.29) is 54.9 Å². The summed E-state index contributed by atoms with van der Waals surface area (Å²) < 4.78 is 13.1. The number of carbonyl (C=O) groups excluding carboxylic acids is 2. The van der Waals surface area contributed by atoms with E-state index in [0.717, 1.165) is 78.5 Å². The maximum atomic E-state index is 15.1. The average molecular weight is 852 g/mol. The van der Waals surface area contributed by atoms with Crippen LogP contribution in [0.3, 0.4) is 0 Å². The lowest BCUT2D eigenvalue weighted by molar-refractivity contribution is -0.136. The minimum atomic E-state index is -0.990. The minimum Gasteiger partial charge on any atom is -0.508 e. The van der Waals surface area contributed by atoms with E-state index in [4.69, 9.17) is 9.47 Å². The smallest absolute Gasteiger partial charge is 0.340 e. The molecule has 8 aliphatic rings. The number of hydrogen-bond donors (Lipinski definition) is 6. The van der Waals surface area contributed by atoms with Crippen molar-refractivity contribution in [3.05, 3.63) is 130 Å². The van der Waals surface area contributed by atoms with Gasteiger partial charge < -0.3 is 40.7 Å². The molecule has 2 saturated heterocycles. The molecule has 10 heteroatoms. The molecule has 3 aromatic carbocycles. The number of carbonyl (C=O) groups is 2. The Hall–Kier alpha value is -4.84. The van der Waals surface area contributed by atoms with Crippen molar-refractivity contribution in [1.29, 1.82) is 0 Å². The molecule has 9 atom stereocenters. The van der Waals surface area contributed by atoms with E-state index in [1.165, 1.54) is 5.56 Å². The zero-order valence-electron chi connectivity index (χ0n) is 36.5. The Labute approximate surface area is 370 Å². The molecule has 63 heavy (non-hydrogen) atoms. The standard InChI is InChI=1S/C53H61N3O7/c1-54-42-17-21-52-20-15-39-43(14-11-36(30-58)33-18-23-56-45(28-33)55-2)62-50(60)47(39)49(52)53-22-16-41(52)46(40-29-37(59)12-13-38(40)34-9-6-10-35(42)27-34)48(53)51(61)63-44(53)26-32(19-24-57)25-31-7-4-3-5-8-31/h3-10,12-14,26-27,29,32-33,36,41-42,45,49,54-59H,11,15-25,28,30H2,1-2H3. The van der Waals surface area contributed by atoms with Gasteiger partial charge in [-0.3, -0.25) is 0 Å². The van der Waals surface area contributed by atoms with E-state index in [0.29, 0.717) is 60.7 Å². The van der Waals surface area contributed by atoms with Gasteiger partial charge >= 0.3 is 11.9 Å². The number of esters is 2. The zero-order valence-corrected chi connectivity index (χ0v) is 36.5. The van der Waals surface area contributed by atoms with Crippen molar-refractivity contribution < 1.29 is 34.4 Å². The number of aliphatic hydroxyl groups is 2. The molecule has 5 aliphatic carbocycles. The molecule has 3 aliphatic heterocycles. The fourth-order valence-electron chi connectivity index (χ4n) is 13.5. The van der Waals surface area contributed by atoms with Crippen LogP contribution in [0.25, 0.3) is 16.7 Å². The highest BCUT2D eigenvalue weighted by atomic mass is 16.6. The van der Waals surface area contributed by atoms with Crippen molar-refractivity contribution in [3.63, 3.8) is 0 Å². The normalized spacial score (nSPS) is 31.8. The van der Waals surface area contributed by atoms with Gasteiger partial charge in [0.2, 0.25) is 0 Å². The third-order valence-electron chi connectivity index (χ3n) is 16.3. The van der Waals surface area contributed by atoms with E-state index in [1.807, 2.05) is 44.4 Å². The number of aliphatic hydroxyl groups excluding tert-OH is 2. The largest absolute Gasteiger partial charge is 0.508 e. The molecule has 3 fully saturated rings. The van der Waals surface area contributed by atoms with Gasteiger partial charge in [0.05, 0.1) is 17.2 Å². The number of rotatable bonds is 11. The van der Waals surface area contributed by atoms with E-state index in [2.05, 4.69) is 64.5 Å². The average Bonchev–Trinajstić information content (AvgIpc) is 3.78. The number of nitrogens with one attached hydrogen (secondary N) is 3. The number of allylic oxidation sites excluding steroid dienone is 5. The van der Waals surface area contributed by atoms with Gasteiger partial charge in [0.25, 0.3) is 0 Å². The Bertz CT molecular complexity index is 2420. The predicted molar refractivity (Wildman–Crippen MR) is 241 cm³/mol. The van der Waals surface area contributed by atoms with Crippen LogP contribution in [0.2, 0.25) is 0 Å². The molecule has 0 radical (unpaired) electrons. The topological polar surface area (TPSA) is 149 Å². The van der Waals surface area contributed by atoms with Gasteiger partial charge in [0.15, 0.2) is 0 Å². The molecule has 2 spiro atoms. The third kappa shape index (κ3) is 6.95. The number of cyclic esters (lactones) is 2. The predicted octanol–water partition coefficient (Wildman–Crippen LogP) is 7.64. The summed E-state index contributed by atoms with van der Waals surface area (Å²) in [5, 5.41) is 42.9. The lowest BCUT2D eigenvalue weighted by Crippen LogP contribution is -2.59. The number of ether oxygens (including phenoxy) is 2. The van der Waals surface area contributed by atoms with Gasteiger partial charge in [0.1, 0.15) is 17.3 Å². The van der Waals surface area contributed by atoms with Crippen LogP contribution < -0.4 is 16.0 Å². The highest BCUT2D eigenvalue weighted by molar-refractivity contribution is 6.08. The molecule has 9 unspecified atom stereocenters. The van der Waals surface area contributed by atoms with E-state index in [1.54, 1.807) is 6.07 Å². The summed E-state index contributed by atoms with van der Waals surface area (Å²) in [4.78, 5) is 30.0. The van der Waals surface area contributed by atoms with Crippen LogP contribution >= 0.6 is 0 Å². The van der Waals surface area contributed by atoms with E-state index < -0.39 is 22.7 Å². The maximum Gasteiger partial charge on any atom is 0.340 e. The summed E-state index contributed by atoms with van der Waals surface area (Å²) in [6.45, 7) is 0.902. The molecule has 1 saturated carbocycles. The Kier molecular flexibility index (Phi) is 11.3. The molecule has 3 aromatic rings. The van der Waals surface area contributed by atoms with Gasteiger partial charge in [-0.1, -0.05) is 54.6 Å². The Morgan fingerprint density at radius 1 is 0.889 bits per heavy atom. The fraction of sp³-hybridized carbons (Fsp3) is 0.472. The maximum absolute atomic E-state index is 15.1. The molecular formula is C53H61N3O7. The van der Waals surface area contributed by atoms with Crippen molar-refractivity contribution in [2.45, 2.75) is 82.8 Å². The first-order chi connectivity index (χ1) is 30.7. The Morgan fingerprint density at radius 3 is 2.54 bits per heavy atom. The lowest BCUT2D eigenvalue weighted by Gasteiger charge is -2.63. The SMILES string of the molecule is CNC1CC(C(CO)CC=C2OC(=O)C3=C2CCC24CCC(NC)c5cccc(c5)-c5ccc(O)cc5C5=C6C(=O)OC(=CC(CCO)Cc7ccccc7)C6(CCC52)C34)CCN1. The van der Waals surface area contributed by atoms with Gasteiger partial charge in [0, 0.05) is 36.3 Å². The number of hydrogen-bond acceptors (Lipinski definition) is 10. The minimum absolute atomic E-state index is 0.0219. The Balaban J connectivity index is 1.19. The third-order valence-corrected chi connectivity index (χ3v) is 16.3. The molecule has 0 amide bonds. The first-order valence-electron chi connectivity index (χ1n) is 23.3. The highest BCUT2D eigenvalue weighted by Crippen LogP contribution is 2.77. The number of benzene rings is 3. The van der Waals surface area contributed by atoms with Crippen molar-refractivity contribution >= 4 is 17.5 Å². The van der Waals surface area contributed by atoms with Crippen LogP contribution in [0.15, 0.2) is 113 Å². The van der Waals surface area contributed by atoms with Crippen molar-refractivity contribution in [2.24, 2.45) is 40.4 Å². The number of phenols is 1. The van der Waals surface area contributed by atoms with Crippen LogP contribution in [0, 0.1) is 40.4 Å². The van der Waals surface area contributed by atoms with Crippen LogP contribution in [0.4, 0.5) is 0 Å². The second kappa shape index (κ2) is 16.9. The molecule has 330 valence electrons. The molecule has 3 heterocycles. The van der Waals surface area contributed by atoms with E-state index in [9.17, 15) is 20.1 Å². The van der Waals surface area contributed by atoms with Gasteiger partial charge in [-0.25, -0.2) is 9.59 Å². The molecule has 6 N–H and O–H groups in total. The molecule has 10 nitrogen and oxygen atoms in total. The monoisotopic (exact) mass is 851 g/mol. The van der Waals surface area contributed by atoms with E-state index >= 15 is 4.79 Å². The van der Waals surface area contributed by atoms with Crippen LogP contribution in [0.1, 0.15) is 86.9 Å². The molecule has 6 bridgehead atoms. The zero-order chi connectivity index (χ0) is 43.5. The summed E-state index contributed by atoms with van der Waals surface area (Å²) in [5.74, 6) is 0.239. The molecular weight excluding hydrogens is 791 g/mol. The number of fused-ring (bicyclic) bond motifs is 5. The molecule has 0 aromatic heterocycles. The number of phenolic OH excluding ortho intramolecular Hbond substituents is 1. The lowest BCUT2D eigenvalue weighted by atomic mass is 9.37. The van der Waals surface area contributed by atoms with Crippen molar-refractivity contribution in [1.82, 2.24) is 16.0 Å². The molecule has 11 rings (SSSR count). The summed E-state index contributed by atoms with van der Waals surface area (Å²) in [6.07, 6.45) is 12.4.